The summed E-state index contributed by atoms with van der Waals surface area (Å²) in [4.78, 5) is 3.96. The molecule has 72 valence electrons. The van der Waals surface area contributed by atoms with Crippen molar-refractivity contribution in [3.05, 3.63) is 23.0 Å². The van der Waals surface area contributed by atoms with E-state index in [1.165, 1.54) is 0 Å². The lowest BCUT2D eigenvalue weighted by atomic mass is 10.3. The zero-order valence-corrected chi connectivity index (χ0v) is 9.06. The smallest absolute Gasteiger partial charge is 0.138 e. The Morgan fingerprint density at radius 3 is 2.77 bits per heavy atom. The maximum Gasteiger partial charge on any atom is 0.138 e. The fraction of sp³-hybridized carbons (Fsp3) is 0.444. The van der Waals surface area contributed by atoms with Crippen molar-refractivity contribution in [1.29, 1.82) is 0 Å². The van der Waals surface area contributed by atoms with Gasteiger partial charge < -0.3 is 4.74 Å². The van der Waals surface area contributed by atoms with Crippen LogP contribution in [0.5, 0.6) is 5.75 Å². The van der Waals surface area contributed by atoms with Crippen molar-refractivity contribution in [2.75, 3.05) is 0 Å². The molecule has 1 heterocycles. The van der Waals surface area contributed by atoms with Crippen LogP contribution in [-0.2, 0) is 5.88 Å². The number of ether oxygens (including phenoxy) is 1. The maximum atomic E-state index is 5.78. The topological polar surface area (TPSA) is 22.1 Å². The SMILES string of the molecule is CC(C)Oc1cnc(Cl)c(CCl)c1. The second-order valence-corrected chi connectivity index (χ2v) is 3.55. The predicted molar refractivity (Wildman–Crippen MR) is 54.6 cm³/mol. The first kappa shape index (κ1) is 10.6. The molecule has 0 spiro atoms. The number of nitrogens with zero attached hydrogens (tertiary/aromatic N) is 1. The number of hydrogen-bond acceptors (Lipinski definition) is 2. The first-order valence-corrected chi connectivity index (χ1v) is 4.91. The molecule has 0 N–H and O–H groups in total. The van der Waals surface area contributed by atoms with Crippen molar-refractivity contribution in [2.24, 2.45) is 0 Å². The monoisotopic (exact) mass is 219 g/mol. The second kappa shape index (κ2) is 4.68. The molecule has 0 saturated carbocycles. The molecule has 0 aliphatic heterocycles. The molecule has 0 unspecified atom stereocenters. The van der Waals surface area contributed by atoms with E-state index in [9.17, 15) is 0 Å². The number of rotatable bonds is 3. The molecule has 0 saturated heterocycles. The van der Waals surface area contributed by atoms with Crippen molar-refractivity contribution in [1.82, 2.24) is 4.98 Å². The number of alkyl halides is 1. The molecular weight excluding hydrogens is 209 g/mol. The first-order valence-electron chi connectivity index (χ1n) is 4.00. The van der Waals surface area contributed by atoms with Gasteiger partial charge in [-0.2, -0.15) is 0 Å². The Kier molecular flexibility index (Phi) is 3.82. The lowest BCUT2D eigenvalue weighted by molar-refractivity contribution is 0.241. The van der Waals surface area contributed by atoms with E-state index >= 15 is 0 Å². The van der Waals surface area contributed by atoms with Gasteiger partial charge >= 0.3 is 0 Å². The van der Waals surface area contributed by atoms with Gasteiger partial charge in [0.2, 0.25) is 0 Å². The van der Waals surface area contributed by atoms with Crippen molar-refractivity contribution < 1.29 is 4.74 Å². The number of pyridine rings is 1. The third-order valence-corrected chi connectivity index (χ3v) is 2.03. The Labute approximate surface area is 87.8 Å². The number of hydrogen-bond donors (Lipinski definition) is 0. The van der Waals surface area contributed by atoms with E-state index in [1.54, 1.807) is 6.20 Å². The third kappa shape index (κ3) is 3.05. The minimum absolute atomic E-state index is 0.131. The van der Waals surface area contributed by atoms with Gasteiger partial charge in [-0.1, -0.05) is 11.6 Å². The Morgan fingerprint density at radius 2 is 2.23 bits per heavy atom. The molecule has 0 aliphatic rings. The van der Waals surface area contributed by atoms with Gasteiger partial charge in [0, 0.05) is 5.56 Å². The van der Waals surface area contributed by atoms with Crippen molar-refractivity contribution in [3.63, 3.8) is 0 Å². The Balaban J connectivity index is 2.86. The molecule has 4 heteroatoms. The highest BCUT2D eigenvalue weighted by Crippen LogP contribution is 2.21. The van der Waals surface area contributed by atoms with Gasteiger partial charge in [-0.25, -0.2) is 4.98 Å². The Hall–Kier alpha value is -0.470. The van der Waals surface area contributed by atoms with Gasteiger partial charge in [0.05, 0.1) is 18.2 Å². The summed E-state index contributed by atoms with van der Waals surface area (Å²) in [6.45, 7) is 3.91. The fourth-order valence-corrected chi connectivity index (χ4v) is 1.34. The molecule has 0 radical (unpaired) electrons. The summed E-state index contributed by atoms with van der Waals surface area (Å²) < 4.78 is 5.43. The maximum absolute atomic E-state index is 5.78. The van der Waals surface area contributed by atoms with Crippen LogP contribution in [0.1, 0.15) is 19.4 Å². The molecule has 13 heavy (non-hydrogen) atoms. The molecule has 2 nitrogen and oxygen atoms in total. The summed E-state index contributed by atoms with van der Waals surface area (Å²) in [5, 5.41) is 0.436. The van der Waals surface area contributed by atoms with Crippen molar-refractivity contribution in [3.8, 4) is 5.75 Å². The first-order chi connectivity index (χ1) is 6.13. The normalized spacial score (nSPS) is 10.5. The summed E-state index contributed by atoms with van der Waals surface area (Å²) in [5.74, 6) is 1.05. The summed E-state index contributed by atoms with van der Waals surface area (Å²) >= 11 is 11.4. The van der Waals surface area contributed by atoms with Gasteiger partial charge in [-0.05, 0) is 19.9 Å². The van der Waals surface area contributed by atoms with E-state index in [0.717, 1.165) is 5.56 Å². The minimum atomic E-state index is 0.131. The fourth-order valence-electron chi connectivity index (χ4n) is 0.902. The summed E-state index contributed by atoms with van der Waals surface area (Å²) in [7, 11) is 0. The van der Waals surface area contributed by atoms with Gasteiger partial charge in [-0.3, -0.25) is 0 Å². The van der Waals surface area contributed by atoms with Crippen LogP contribution in [-0.4, -0.2) is 11.1 Å². The molecular formula is C9H11Cl2NO. The molecule has 0 amide bonds. The van der Waals surface area contributed by atoms with E-state index in [-0.39, 0.29) is 6.10 Å². The van der Waals surface area contributed by atoms with Crippen LogP contribution in [0.4, 0.5) is 0 Å². The Morgan fingerprint density at radius 1 is 1.54 bits per heavy atom. The Bertz CT molecular complexity index is 289. The highest BCUT2D eigenvalue weighted by atomic mass is 35.5. The predicted octanol–water partition coefficient (Wildman–Crippen LogP) is 3.26. The lowest BCUT2D eigenvalue weighted by Gasteiger charge is -2.10. The molecule has 0 fully saturated rings. The minimum Gasteiger partial charge on any atom is -0.489 e. The van der Waals surface area contributed by atoms with Crippen molar-refractivity contribution in [2.45, 2.75) is 25.8 Å². The molecule has 1 aromatic rings. The zero-order chi connectivity index (χ0) is 9.84. The van der Waals surface area contributed by atoms with Crippen LogP contribution in [0.3, 0.4) is 0 Å². The number of aromatic nitrogens is 1. The van der Waals surface area contributed by atoms with Crippen LogP contribution in [0.2, 0.25) is 5.15 Å². The van der Waals surface area contributed by atoms with Crippen LogP contribution in [0, 0.1) is 0 Å². The average Bonchev–Trinajstić information content (AvgIpc) is 2.07. The molecule has 0 atom stereocenters. The second-order valence-electron chi connectivity index (χ2n) is 2.92. The molecule has 0 bridgehead atoms. The van der Waals surface area contributed by atoms with Gasteiger partial charge in [0.15, 0.2) is 0 Å². The standard InChI is InChI=1S/C9H11Cl2NO/c1-6(2)13-8-3-7(4-10)9(11)12-5-8/h3,5-6H,4H2,1-2H3. The molecule has 1 aromatic heterocycles. The van der Waals surface area contributed by atoms with Crippen LogP contribution in [0.15, 0.2) is 12.3 Å². The summed E-state index contributed by atoms with van der Waals surface area (Å²) in [6, 6.07) is 1.81. The lowest BCUT2D eigenvalue weighted by Crippen LogP contribution is -2.06. The quantitative estimate of drug-likeness (QED) is 0.576. The van der Waals surface area contributed by atoms with Gasteiger partial charge in [0.25, 0.3) is 0 Å². The highest BCUT2D eigenvalue weighted by molar-refractivity contribution is 6.31. The van der Waals surface area contributed by atoms with Crippen LogP contribution in [0.25, 0.3) is 0 Å². The molecule has 1 rings (SSSR count). The molecule has 0 aliphatic carbocycles. The number of halogens is 2. The van der Waals surface area contributed by atoms with E-state index in [2.05, 4.69) is 4.98 Å². The van der Waals surface area contributed by atoms with Crippen LogP contribution < -0.4 is 4.74 Å². The van der Waals surface area contributed by atoms with Gasteiger partial charge in [-0.15, -0.1) is 11.6 Å². The van der Waals surface area contributed by atoms with E-state index in [1.807, 2.05) is 19.9 Å². The molecule has 0 aromatic carbocycles. The van der Waals surface area contributed by atoms with E-state index in [4.69, 9.17) is 27.9 Å². The largest absolute Gasteiger partial charge is 0.489 e. The highest BCUT2D eigenvalue weighted by Gasteiger charge is 2.04. The summed E-state index contributed by atoms with van der Waals surface area (Å²) in [6.07, 6.45) is 1.73. The zero-order valence-electron chi connectivity index (χ0n) is 7.55. The summed E-state index contributed by atoms with van der Waals surface area (Å²) in [5.41, 5.74) is 0.793. The average molecular weight is 220 g/mol. The van der Waals surface area contributed by atoms with E-state index < -0.39 is 0 Å². The third-order valence-electron chi connectivity index (χ3n) is 1.40. The van der Waals surface area contributed by atoms with E-state index in [0.29, 0.717) is 16.8 Å². The van der Waals surface area contributed by atoms with Crippen molar-refractivity contribution >= 4 is 23.2 Å². The van der Waals surface area contributed by atoms with Crippen LogP contribution >= 0.6 is 23.2 Å². The van der Waals surface area contributed by atoms with Gasteiger partial charge in [0.1, 0.15) is 10.9 Å².